The fourth-order valence-electron chi connectivity index (χ4n) is 2.93. The van der Waals surface area contributed by atoms with Crippen molar-refractivity contribution in [2.75, 3.05) is 31.1 Å². The predicted octanol–water partition coefficient (Wildman–Crippen LogP) is 3.11. The van der Waals surface area contributed by atoms with Crippen LogP contribution in [0.25, 0.3) is 11.4 Å². The molecule has 0 spiro atoms. The molecular weight excluding hydrogens is 338 g/mol. The third-order valence-corrected chi connectivity index (χ3v) is 4.49. The molecule has 7 heteroatoms. The van der Waals surface area contributed by atoms with Crippen LogP contribution in [0.2, 0.25) is 5.02 Å². The van der Waals surface area contributed by atoms with E-state index in [-0.39, 0.29) is 0 Å². The normalized spacial score (nSPS) is 15.5. The van der Waals surface area contributed by atoms with Crippen LogP contribution in [0.4, 0.5) is 5.82 Å². The van der Waals surface area contributed by atoms with Gasteiger partial charge in [0.2, 0.25) is 11.7 Å². The summed E-state index contributed by atoms with van der Waals surface area (Å²) in [5.74, 6) is 2.23. The van der Waals surface area contributed by atoms with Crippen LogP contribution in [0.1, 0.15) is 5.89 Å². The number of nitrogens with zero attached hydrogens (tertiary/aromatic N) is 5. The summed E-state index contributed by atoms with van der Waals surface area (Å²) in [7, 11) is 0. The van der Waals surface area contributed by atoms with E-state index in [1.165, 1.54) is 0 Å². The standard InChI is InChI=1S/C18H18ClN5O/c19-15-5-3-4-14(12-15)18-21-17(25-22-18)13-23-8-10-24(11-9-23)16-6-1-2-7-20-16/h1-7,12H,8-11,13H2. The summed E-state index contributed by atoms with van der Waals surface area (Å²) in [6.45, 7) is 4.40. The van der Waals surface area contributed by atoms with Crippen LogP contribution in [0.15, 0.2) is 53.2 Å². The fraction of sp³-hybridized carbons (Fsp3) is 0.278. The summed E-state index contributed by atoms with van der Waals surface area (Å²) in [5.41, 5.74) is 0.863. The molecule has 4 rings (SSSR count). The van der Waals surface area contributed by atoms with E-state index in [0.717, 1.165) is 37.6 Å². The maximum atomic E-state index is 6.02. The van der Waals surface area contributed by atoms with Crippen molar-refractivity contribution in [3.8, 4) is 11.4 Å². The van der Waals surface area contributed by atoms with Crippen molar-refractivity contribution in [3.63, 3.8) is 0 Å². The third kappa shape index (κ3) is 3.81. The molecule has 1 fully saturated rings. The van der Waals surface area contributed by atoms with Crippen molar-refractivity contribution >= 4 is 17.4 Å². The summed E-state index contributed by atoms with van der Waals surface area (Å²) < 4.78 is 5.40. The Morgan fingerprint density at radius 3 is 2.68 bits per heavy atom. The second-order valence-electron chi connectivity index (χ2n) is 5.97. The van der Waals surface area contributed by atoms with Crippen LogP contribution >= 0.6 is 11.6 Å². The minimum atomic E-state index is 0.574. The third-order valence-electron chi connectivity index (χ3n) is 4.26. The van der Waals surface area contributed by atoms with Crippen molar-refractivity contribution < 1.29 is 4.52 Å². The molecule has 0 atom stereocenters. The van der Waals surface area contributed by atoms with Crippen LogP contribution < -0.4 is 4.90 Å². The quantitative estimate of drug-likeness (QED) is 0.716. The van der Waals surface area contributed by atoms with Crippen molar-refractivity contribution in [3.05, 3.63) is 59.6 Å². The van der Waals surface area contributed by atoms with Gasteiger partial charge in [0.1, 0.15) is 5.82 Å². The van der Waals surface area contributed by atoms with E-state index in [0.29, 0.717) is 23.3 Å². The van der Waals surface area contributed by atoms with Gasteiger partial charge in [-0.05, 0) is 24.3 Å². The summed E-state index contributed by atoms with van der Waals surface area (Å²) in [6, 6.07) is 13.5. The maximum Gasteiger partial charge on any atom is 0.241 e. The minimum Gasteiger partial charge on any atom is -0.354 e. The Kier molecular flexibility index (Phi) is 4.63. The largest absolute Gasteiger partial charge is 0.354 e. The molecule has 0 amide bonds. The SMILES string of the molecule is Clc1cccc(-c2noc(CN3CCN(c4ccccn4)CC3)n2)c1. The summed E-state index contributed by atoms with van der Waals surface area (Å²) in [4.78, 5) is 13.5. The highest BCUT2D eigenvalue weighted by Crippen LogP contribution is 2.20. The molecule has 1 aliphatic heterocycles. The van der Waals surface area contributed by atoms with E-state index in [4.69, 9.17) is 16.1 Å². The average Bonchev–Trinajstić information content (AvgIpc) is 3.12. The number of benzene rings is 1. The molecule has 0 aliphatic carbocycles. The first kappa shape index (κ1) is 16.1. The van der Waals surface area contributed by atoms with Gasteiger partial charge in [0.25, 0.3) is 0 Å². The number of anilines is 1. The number of piperazine rings is 1. The Morgan fingerprint density at radius 2 is 1.92 bits per heavy atom. The van der Waals surface area contributed by atoms with Crippen molar-refractivity contribution in [1.82, 2.24) is 20.0 Å². The van der Waals surface area contributed by atoms with Crippen LogP contribution in [-0.4, -0.2) is 46.2 Å². The van der Waals surface area contributed by atoms with E-state index in [1.54, 1.807) is 0 Å². The first-order valence-corrected chi connectivity index (χ1v) is 8.62. The summed E-state index contributed by atoms with van der Waals surface area (Å²) >= 11 is 6.02. The highest BCUT2D eigenvalue weighted by Gasteiger charge is 2.20. The molecule has 3 heterocycles. The smallest absolute Gasteiger partial charge is 0.241 e. The topological polar surface area (TPSA) is 58.3 Å². The lowest BCUT2D eigenvalue weighted by atomic mass is 10.2. The number of rotatable bonds is 4. The van der Waals surface area contributed by atoms with E-state index in [9.17, 15) is 0 Å². The molecule has 0 radical (unpaired) electrons. The maximum absolute atomic E-state index is 6.02. The number of hydrogen-bond acceptors (Lipinski definition) is 6. The fourth-order valence-corrected chi connectivity index (χ4v) is 3.12. The highest BCUT2D eigenvalue weighted by atomic mass is 35.5. The molecule has 128 valence electrons. The van der Waals surface area contributed by atoms with Crippen molar-refractivity contribution in [1.29, 1.82) is 0 Å². The Hall–Kier alpha value is -2.44. The minimum absolute atomic E-state index is 0.574. The van der Waals surface area contributed by atoms with E-state index >= 15 is 0 Å². The first-order chi connectivity index (χ1) is 12.3. The monoisotopic (exact) mass is 355 g/mol. The molecule has 1 aliphatic rings. The summed E-state index contributed by atoms with van der Waals surface area (Å²) in [5, 5.41) is 4.73. The Bertz CT molecular complexity index is 830. The van der Waals surface area contributed by atoms with Gasteiger partial charge in [0.15, 0.2) is 0 Å². The van der Waals surface area contributed by atoms with E-state index in [2.05, 4.69) is 24.9 Å². The van der Waals surface area contributed by atoms with E-state index < -0.39 is 0 Å². The number of aromatic nitrogens is 3. The van der Waals surface area contributed by atoms with Gasteiger partial charge in [-0.15, -0.1) is 0 Å². The second kappa shape index (κ2) is 7.21. The lowest BCUT2D eigenvalue weighted by Crippen LogP contribution is -2.46. The Labute approximate surface area is 151 Å². The average molecular weight is 356 g/mol. The van der Waals surface area contributed by atoms with Gasteiger partial charge >= 0.3 is 0 Å². The van der Waals surface area contributed by atoms with Gasteiger partial charge < -0.3 is 9.42 Å². The number of hydrogen-bond donors (Lipinski definition) is 0. The van der Waals surface area contributed by atoms with Crippen LogP contribution in [0, 0.1) is 0 Å². The highest BCUT2D eigenvalue weighted by molar-refractivity contribution is 6.30. The molecule has 1 aromatic carbocycles. The number of halogens is 1. The zero-order chi connectivity index (χ0) is 17.1. The van der Waals surface area contributed by atoms with Gasteiger partial charge in [-0.3, -0.25) is 4.90 Å². The molecule has 0 N–H and O–H groups in total. The Morgan fingerprint density at radius 1 is 1.04 bits per heavy atom. The molecule has 0 unspecified atom stereocenters. The first-order valence-electron chi connectivity index (χ1n) is 8.25. The van der Waals surface area contributed by atoms with Crippen LogP contribution in [0.3, 0.4) is 0 Å². The molecule has 1 saturated heterocycles. The van der Waals surface area contributed by atoms with Gasteiger partial charge in [0.05, 0.1) is 6.54 Å². The van der Waals surface area contributed by atoms with Crippen LogP contribution in [0.5, 0.6) is 0 Å². The molecule has 0 bridgehead atoms. The van der Waals surface area contributed by atoms with Gasteiger partial charge in [-0.1, -0.05) is 35.0 Å². The van der Waals surface area contributed by atoms with Gasteiger partial charge in [-0.2, -0.15) is 4.98 Å². The van der Waals surface area contributed by atoms with E-state index in [1.807, 2.05) is 48.7 Å². The lowest BCUT2D eigenvalue weighted by Gasteiger charge is -2.34. The molecule has 25 heavy (non-hydrogen) atoms. The Balaban J connectivity index is 1.36. The van der Waals surface area contributed by atoms with Gasteiger partial charge in [0, 0.05) is 43.0 Å². The van der Waals surface area contributed by atoms with Crippen molar-refractivity contribution in [2.45, 2.75) is 6.54 Å². The van der Waals surface area contributed by atoms with Gasteiger partial charge in [-0.25, -0.2) is 4.98 Å². The zero-order valence-electron chi connectivity index (χ0n) is 13.7. The number of pyridine rings is 1. The predicted molar refractivity (Wildman–Crippen MR) is 96.5 cm³/mol. The summed E-state index contributed by atoms with van der Waals surface area (Å²) in [6.07, 6.45) is 1.83. The molecule has 6 nitrogen and oxygen atoms in total. The molecule has 0 saturated carbocycles. The molecule has 2 aromatic heterocycles. The second-order valence-corrected chi connectivity index (χ2v) is 6.41. The van der Waals surface area contributed by atoms with Crippen LogP contribution in [-0.2, 0) is 6.54 Å². The molecular formula is C18H18ClN5O. The lowest BCUT2D eigenvalue weighted by molar-refractivity contribution is 0.215. The van der Waals surface area contributed by atoms with Crippen molar-refractivity contribution in [2.24, 2.45) is 0 Å². The molecule has 3 aromatic rings. The zero-order valence-corrected chi connectivity index (χ0v) is 14.4.